The first kappa shape index (κ1) is 24.6. The zero-order valence-corrected chi connectivity index (χ0v) is 22.5. The summed E-state index contributed by atoms with van der Waals surface area (Å²) in [7, 11) is 0. The van der Waals surface area contributed by atoms with E-state index in [1.165, 1.54) is 11.1 Å². The summed E-state index contributed by atoms with van der Waals surface area (Å²) < 4.78 is 6.32. The Morgan fingerprint density at radius 3 is 2.44 bits per heavy atom. The molecule has 0 amide bonds. The molecule has 2 N–H and O–H groups in total. The first-order valence-electron chi connectivity index (χ1n) is 13.7. The molecular weight excluding hydrogens is 424 g/mol. The van der Waals surface area contributed by atoms with Crippen molar-refractivity contribution in [1.82, 2.24) is 0 Å². The van der Waals surface area contributed by atoms with E-state index in [2.05, 4.69) is 46.8 Å². The van der Waals surface area contributed by atoms with E-state index in [-0.39, 0.29) is 34.2 Å². The van der Waals surface area contributed by atoms with E-state index in [0.717, 1.165) is 51.4 Å². The smallest absolute Gasteiger partial charge is 0.314 e. The van der Waals surface area contributed by atoms with E-state index in [1.807, 2.05) is 13.8 Å². The lowest BCUT2D eigenvalue weighted by Crippen LogP contribution is -2.54. The highest BCUT2D eigenvalue weighted by Crippen LogP contribution is 2.75. The second-order valence-corrected chi connectivity index (χ2v) is 14.4. The molecule has 1 aliphatic heterocycles. The number of allylic oxidation sites excluding steroid dienone is 4. The predicted molar refractivity (Wildman–Crippen MR) is 134 cm³/mol. The number of hydrogen-bond acceptors (Lipinski definition) is 4. The van der Waals surface area contributed by atoms with Crippen LogP contribution in [-0.4, -0.2) is 33.5 Å². The quantitative estimate of drug-likeness (QED) is 0.487. The van der Waals surface area contributed by atoms with Gasteiger partial charge < -0.3 is 14.9 Å². The summed E-state index contributed by atoms with van der Waals surface area (Å²) in [6.07, 6.45) is 12.6. The van der Waals surface area contributed by atoms with Gasteiger partial charge in [-0.1, -0.05) is 39.8 Å². The average Bonchev–Trinajstić information content (AvgIpc) is 3.14. The Hall–Kier alpha value is -1.13. The third kappa shape index (κ3) is 3.13. The molecule has 4 heteroatoms. The molecule has 3 fully saturated rings. The lowest BCUT2D eigenvalue weighted by Gasteiger charge is -2.60. The minimum atomic E-state index is -0.693. The van der Waals surface area contributed by atoms with Gasteiger partial charge in [-0.15, -0.1) is 0 Å². The van der Waals surface area contributed by atoms with Crippen molar-refractivity contribution in [2.24, 2.45) is 33.5 Å². The molecule has 0 unspecified atom stereocenters. The molecule has 5 aliphatic rings. The first-order valence-corrected chi connectivity index (χ1v) is 13.7. The van der Waals surface area contributed by atoms with Crippen molar-refractivity contribution in [1.29, 1.82) is 0 Å². The number of esters is 1. The van der Waals surface area contributed by atoms with Gasteiger partial charge in [-0.25, -0.2) is 0 Å². The highest BCUT2D eigenvalue weighted by Gasteiger charge is 2.75. The van der Waals surface area contributed by atoms with Gasteiger partial charge in [0.05, 0.1) is 17.1 Å². The van der Waals surface area contributed by atoms with Gasteiger partial charge in [-0.05, 0) is 106 Å². The largest absolute Gasteiger partial charge is 0.459 e. The minimum Gasteiger partial charge on any atom is -0.459 e. The van der Waals surface area contributed by atoms with Gasteiger partial charge in [0.1, 0.15) is 5.60 Å². The predicted octanol–water partition coefficient (Wildman–Crippen LogP) is 6.11. The van der Waals surface area contributed by atoms with Crippen molar-refractivity contribution in [3.05, 3.63) is 23.3 Å². The van der Waals surface area contributed by atoms with Crippen LogP contribution in [0.25, 0.3) is 0 Å². The number of cyclic esters (lactones) is 1. The molecule has 1 heterocycles. The average molecular weight is 471 g/mol. The van der Waals surface area contributed by atoms with Crippen LogP contribution in [-0.2, 0) is 9.53 Å². The molecule has 5 rings (SSSR count). The second kappa shape index (κ2) is 7.22. The zero-order valence-electron chi connectivity index (χ0n) is 22.5. The molecule has 0 bridgehead atoms. The fourth-order valence-electron chi connectivity index (χ4n) is 9.44. The maximum Gasteiger partial charge on any atom is 0.314 e. The Morgan fingerprint density at radius 2 is 1.76 bits per heavy atom. The van der Waals surface area contributed by atoms with Crippen molar-refractivity contribution in [2.75, 3.05) is 0 Å². The van der Waals surface area contributed by atoms with Gasteiger partial charge in [0.15, 0.2) is 0 Å². The molecule has 1 saturated heterocycles. The Labute approximate surface area is 206 Å². The van der Waals surface area contributed by atoms with Crippen LogP contribution < -0.4 is 0 Å². The topological polar surface area (TPSA) is 66.8 Å². The lowest BCUT2D eigenvalue weighted by atomic mass is 9.43. The van der Waals surface area contributed by atoms with Crippen LogP contribution in [0.5, 0.6) is 0 Å². The summed E-state index contributed by atoms with van der Waals surface area (Å²) in [5.41, 5.74) is 1.03. The van der Waals surface area contributed by atoms with Crippen LogP contribution >= 0.6 is 0 Å². The Balaban J connectivity index is 1.55. The monoisotopic (exact) mass is 470 g/mol. The van der Waals surface area contributed by atoms with Crippen LogP contribution in [0.1, 0.15) is 106 Å². The van der Waals surface area contributed by atoms with Crippen LogP contribution in [0.15, 0.2) is 23.3 Å². The third-order valence-electron chi connectivity index (χ3n) is 11.2. The molecule has 7 atom stereocenters. The van der Waals surface area contributed by atoms with Crippen LogP contribution in [0.3, 0.4) is 0 Å². The molecule has 0 radical (unpaired) electrons. The number of rotatable bonds is 4. The van der Waals surface area contributed by atoms with Gasteiger partial charge in [0.25, 0.3) is 0 Å². The van der Waals surface area contributed by atoms with E-state index >= 15 is 0 Å². The number of ether oxygens (including phenoxy) is 1. The van der Waals surface area contributed by atoms with Crippen LogP contribution in [0.4, 0.5) is 0 Å². The van der Waals surface area contributed by atoms with Gasteiger partial charge in [0.2, 0.25) is 0 Å². The van der Waals surface area contributed by atoms with E-state index in [9.17, 15) is 15.0 Å². The zero-order chi connectivity index (χ0) is 24.9. The number of hydrogen-bond donors (Lipinski definition) is 2. The maximum absolute atomic E-state index is 13.9. The Morgan fingerprint density at radius 1 is 1.06 bits per heavy atom. The van der Waals surface area contributed by atoms with E-state index < -0.39 is 16.6 Å². The lowest BCUT2D eigenvalue weighted by molar-refractivity contribution is -0.158. The molecule has 4 nitrogen and oxygen atoms in total. The molecule has 0 aromatic carbocycles. The Bertz CT molecular complexity index is 953. The van der Waals surface area contributed by atoms with Crippen LogP contribution in [0, 0.1) is 33.5 Å². The number of carbonyl (C=O) groups is 1. The maximum atomic E-state index is 13.9. The SMILES string of the molecule is CC(C)(O)CCC[C@]1(C)OC(=O)[C@@]23CC=C4C(=CC(C)(C)[C@@H]5C[C@@H](O)CC[C@]45C)[C@]2(C)CC[C@H]13. The fourth-order valence-corrected chi connectivity index (χ4v) is 9.44. The molecule has 34 heavy (non-hydrogen) atoms. The minimum absolute atomic E-state index is 0.00334. The molecular formula is C30H46O4. The van der Waals surface area contributed by atoms with Gasteiger partial charge in [0, 0.05) is 11.3 Å². The fraction of sp³-hybridized carbons (Fsp3) is 0.833. The summed E-state index contributed by atoms with van der Waals surface area (Å²) in [5, 5.41) is 20.7. The molecule has 190 valence electrons. The van der Waals surface area contributed by atoms with Crippen molar-refractivity contribution in [3.63, 3.8) is 0 Å². The summed E-state index contributed by atoms with van der Waals surface area (Å²) in [4.78, 5) is 13.9. The van der Waals surface area contributed by atoms with Crippen LogP contribution in [0.2, 0.25) is 0 Å². The number of fused-ring (bicyclic) bond motifs is 4. The van der Waals surface area contributed by atoms with Gasteiger partial charge >= 0.3 is 5.97 Å². The normalized spacial score (nSPS) is 47.1. The standard InChI is InChI=1S/C30H46O4/c1-25(2)18-21-20(27(5)14-9-19(31)17-23(25)27)10-16-30-22(11-15-28(21,30)6)29(7,34-24(30)32)13-8-12-26(3,4)33/h10,18-19,22-23,31,33H,8-9,11-17H2,1-7H3/t19-,22+,23-,27+,28-,29-,30-/m0/s1. The number of aliphatic hydroxyl groups is 2. The van der Waals surface area contributed by atoms with Crippen molar-refractivity contribution in [3.8, 4) is 0 Å². The van der Waals surface area contributed by atoms with E-state index in [0.29, 0.717) is 12.3 Å². The third-order valence-corrected chi connectivity index (χ3v) is 11.2. The van der Waals surface area contributed by atoms with Gasteiger partial charge in [-0.3, -0.25) is 4.79 Å². The first-order chi connectivity index (χ1) is 15.6. The van der Waals surface area contributed by atoms with Crippen molar-refractivity contribution < 1.29 is 19.7 Å². The van der Waals surface area contributed by atoms with Gasteiger partial charge in [-0.2, -0.15) is 0 Å². The van der Waals surface area contributed by atoms with E-state index in [4.69, 9.17) is 4.74 Å². The summed E-state index contributed by atoms with van der Waals surface area (Å²) in [6.45, 7) is 15.3. The molecule has 0 aromatic heterocycles. The second-order valence-electron chi connectivity index (χ2n) is 14.4. The molecule has 2 saturated carbocycles. The van der Waals surface area contributed by atoms with E-state index in [1.54, 1.807) is 0 Å². The number of carbonyl (C=O) groups excluding carboxylic acids is 1. The number of aliphatic hydroxyl groups excluding tert-OH is 1. The Kier molecular flexibility index (Phi) is 5.21. The van der Waals surface area contributed by atoms with Crippen molar-refractivity contribution >= 4 is 5.97 Å². The summed E-state index contributed by atoms with van der Waals surface area (Å²) >= 11 is 0. The summed E-state index contributed by atoms with van der Waals surface area (Å²) in [6, 6.07) is 0. The highest BCUT2D eigenvalue weighted by atomic mass is 16.6. The highest BCUT2D eigenvalue weighted by molar-refractivity contribution is 5.84. The van der Waals surface area contributed by atoms with Crippen molar-refractivity contribution in [2.45, 2.75) is 124 Å². The summed E-state index contributed by atoms with van der Waals surface area (Å²) in [5.74, 6) is 0.625. The molecule has 1 spiro atoms. The molecule has 0 aromatic rings. The molecule has 4 aliphatic carbocycles.